The molecule has 0 aromatic heterocycles. The van der Waals surface area contributed by atoms with Crippen molar-refractivity contribution in [2.24, 2.45) is 0 Å². The Hall–Kier alpha value is -2.18. The van der Waals surface area contributed by atoms with Crippen molar-refractivity contribution in [2.45, 2.75) is 13.5 Å². The summed E-state index contributed by atoms with van der Waals surface area (Å²) in [7, 11) is -3.49. The van der Waals surface area contributed by atoms with Crippen LogP contribution in [0.2, 0.25) is 0 Å². The van der Waals surface area contributed by atoms with Crippen LogP contribution in [-0.2, 0) is 21.4 Å². The lowest BCUT2D eigenvalue weighted by molar-refractivity contribution is -0.116. The first kappa shape index (κ1) is 17.2. The summed E-state index contributed by atoms with van der Waals surface area (Å²) in [5.74, 6) is -0.361. The predicted octanol–water partition coefficient (Wildman–Crippen LogP) is 2.40. The van der Waals surface area contributed by atoms with Gasteiger partial charge in [0, 0.05) is 12.2 Å². The van der Waals surface area contributed by atoms with E-state index < -0.39 is 10.0 Å². The van der Waals surface area contributed by atoms with Crippen molar-refractivity contribution in [2.75, 3.05) is 18.1 Å². The molecule has 0 atom stereocenters. The Labute approximate surface area is 137 Å². The van der Waals surface area contributed by atoms with Gasteiger partial charge in [-0.1, -0.05) is 48.5 Å². The van der Waals surface area contributed by atoms with Crippen molar-refractivity contribution < 1.29 is 13.2 Å². The number of benzene rings is 2. The molecule has 0 aliphatic carbocycles. The first-order valence-electron chi connectivity index (χ1n) is 7.21. The molecular formula is C17H20N2O3S. The highest BCUT2D eigenvalue weighted by molar-refractivity contribution is 7.88. The molecule has 2 aromatic rings. The molecule has 6 heteroatoms. The van der Waals surface area contributed by atoms with Crippen LogP contribution in [0.1, 0.15) is 11.1 Å². The van der Waals surface area contributed by atoms with Crippen molar-refractivity contribution in [3.63, 3.8) is 0 Å². The normalized spacial score (nSPS) is 11.4. The molecule has 0 saturated heterocycles. The lowest BCUT2D eigenvalue weighted by atomic mass is 10.2. The fourth-order valence-electron chi connectivity index (χ4n) is 2.14. The van der Waals surface area contributed by atoms with Gasteiger partial charge >= 0.3 is 0 Å². The van der Waals surface area contributed by atoms with Gasteiger partial charge in [-0.25, -0.2) is 8.42 Å². The minimum absolute atomic E-state index is 0.168. The Morgan fingerprint density at radius 2 is 1.65 bits per heavy atom. The van der Waals surface area contributed by atoms with Gasteiger partial charge in [0.05, 0.1) is 12.8 Å². The average molecular weight is 332 g/mol. The van der Waals surface area contributed by atoms with E-state index in [0.717, 1.165) is 21.7 Å². The van der Waals surface area contributed by atoms with Crippen molar-refractivity contribution in [1.82, 2.24) is 4.31 Å². The van der Waals surface area contributed by atoms with Crippen molar-refractivity contribution in [3.05, 3.63) is 65.7 Å². The summed E-state index contributed by atoms with van der Waals surface area (Å²) >= 11 is 0. The highest BCUT2D eigenvalue weighted by atomic mass is 32.2. The van der Waals surface area contributed by atoms with E-state index in [1.165, 1.54) is 0 Å². The van der Waals surface area contributed by atoms with Gasteiger partial charge in [0.2, 0.25) is 15.9 Å². The van der Waals surface area contributed by atoms with Crippen LogP contribution in [0, 0.1) is 6.92 Å². The highest BCUT2D eigenvalue weighted by Gasteiger charge is 2.20. The van der Waals surface area contributed by atoms with Gasteiger partial charge in [0.25, 0.3) is 0 Å². The van der Waals surface area contributed by atoms with Crippen LogP contribution < -0.4 is 5.32 Å². The summed E-state index contributed by atoms with van der Waals surface area (Å²) < 4.78 is 25.0. The molecule has 0 fully saturated rings. The Kier molecular flexibility index (Phi) is 5.52. The quantitative estimate of drug-likeness (QED) is 0.883. The Morgan fingerprint density at radius 3 is 2.26 bits per heavy atom. The minimum Gasteiger partial charge on any atom is -0.325 e. The van der Waals surface area contributed by atoms with Crippen LogP contribution in [0.25, 0.3) is 0 Å². The van der Waals surface area contributed by atoms with E-state index in [0.29, 0.717) is 5.69 Å². The number of carbonyl (C=O) groups excluding carboxylic acids is 1. The number of nitrogens with one attached hydrogen (secondary N) is 1. The standard InChI is InChI=1S/C17H20N2O3S/c1-14-8-6-7-11-16(14)18-17(20)13-19(23(2,21)22)12-15-9-4-3-5-10-15/h3-11H,12-13H2,1-2H3,(H,18,20). The predicted molar refractivity (Wildman–Crippen MR) is 91.5 cm³/mol. The third kappa shape index (κ3) is 5.19. The molecule has 0 saturated carbocycles. The van der Waals surface area contributed by atoms with Crippen LogP contribution in [0.3, 0.4) is 0 Å². The molecule has 0 radical (unpaired) electrons. The third-order valence-corrected chi connectivity index (χ3v) is 4.61. The van der Waals surface area contributed by atoms with Gasteiger partial charge in [-0.15, -0.1) is 0 Å². The second-order valence-corrected chi connectivity index (χ2v) is 7.36. The van der Waals surface area contributed by atoms with E-state index in [9.17, 15) is 13.2 Å². The fraction of sp³-hybridized carbons (Fsp3) is 0.235. The number of carbonyl (C=O) groups is 1. The van der Waals surface area contributed by atoms with E-state index in [1.54, 1.807) is 6.07 Å². The molecule has 0 unspecified atom stereocenters. The van der Waals surface area contributed by atoms with Gasteiger partial charge in [0.15, 0.2) is 0 Å². The number of hydrogen-bond acceptors (Lipinski definition) is 3. The monoisotopic (exact) mass is 332 g/mol. The number of hydrogen-bond donors (Lipinski definition) is 1. The highest BCUT2D eigenvalue weighted by Crippen LogP contribution is 2.14. The average Bonchev–Trinajstić information content (AvgIpc) is 2.49. The molecule has 5 nitrogen and oxygen atoms in total. The molecule has 0 bridgehead atoms. The minimum atomic E-state index is -3.49. The molecule has 2 rings (SSSR count). The zero-order chi connectivity index (χ0) is 16.9. The first-order chi connectivity index (χ1) is 10.9. The molecule has 0 spiro atoms. The van der Waals surface area contributed by atoms with E-state index in [1.807, 2.05) is 55.5 Å². The second-order valence-electron chi connectivity index (χ2n) is 5.38. The maximum Gasteiger partial charge on any atom is 0.239 e. The van der Waals surface area contributed by atoms with E-state index in [-0.39, 0.29) is 19.0 Å². The maximum atomic E-state index is 12.2. The third-order valence-electron chi connectivity index (χ3n) is 3.41. The Bertz CT molecular complexity index is 773. The smallest absolute Gasteiger partial charge is 0.239 e. The summed E-state index contributed by atoms with van der Waals surface area (Å²) in [6.07, 6.45) is 1.11. The van der Waals surface area contributed by atoms with Crippen LogP contribution >= 0.6 is 0 Å². The van der Waals surface area contributed by atoms with Crippen molar-refractivity contribution in [1.29, 1.82) is 0 Å². The summed E-state index contributed by atoms with van der Waals surface area (Å²) in [4.78, 5) is 12.2. The molecule has 0 aliphatic heterocycles. The summed E-state index contributed by atoms with van der Waals surface area (Å²) in [5.41, 5.74) is 2.45. The molecule has 2 aromatic carbocycles. The topological polar surface area (TPSA) is 66.5 Å². The number of aryl methyl sites for hydroxylation is 1. The number of amides is 1. The van der Waals surface area contributed by atoms with Crippen molar-refractivity contribution in [3.8, 4) is 0 Å². The van der Waals surface area contributed by atoms with Gasteiger partial charge in [-0.05, 0) is 24.1 Å². The Morgan fingerprint density at radius 1 is 1.04 bits per heavy atom. The number of para-hydroxylation sites is 1. The summed E-state index contributed by atoms with van der Waals surface area (Å²) in [6, 6.07) is 16.6. The van der Waals surface area contributed by atoms with Crippen LogP contribution in [0.4, 0.5) is 5.69 Å². The van der Waals surface area contributed by atoms with E-state index >= 15 is 0 Å². The number of rotatable bonds is 6. The number of anilines is 1. The number of nitrogens with zero attached hydrogens (tertiary/aromatic N) is 1. The Balaban J connectivity index is 2.09. The lowest BCUT2D eigenvalue weighted by Gasteiger charge is -2.20. The molecule has 0 aliphatic rings. The van der Waals surface area contributed by atoms with Crippen molar-refractivity contribution >= 4 is 21.6 Å². The summed E-state index contributed by atoms with van der Waals surface area (Å²) in [5, 5.41) is 2.75. The fourth-order valence-corrected chi connectivity index (χ4v) is 2.88. The van der Waals surface area contributed by atoms with Gasteiger partial charge in [0.1, 0.15) is 0 Å². The van der Waals surface area contributed by atoms with Gasteiger partial charge in [-0.2, -0.15) is 4.31 Å². The van der Waals surface area contributed by atoms with Gasteiger partial charge in [-0.3, -0.25) is 4.79 Å². The molecule has 122 valence electrons. The maximum absolute atomic E-state index is 12.2. The van der Waals surface area contributed by atoms with Crippen LogP contribution in [-0.4, -0.2) is 31.4 Å². The lowest BCUT2D eigenvalue weighted by Crippen LogP contribution is -2.37. The van der Waals surface area contributed by atoms with Crippen LogP contribution in [0.5, 0.6) is 0 Å². The van der Waals surface area contributed by atoms with Gasteiger partial charge < -0.3 is 5.32 Å². The molecule has 1 amide bonds. The zero-order valence-corrected chi connectivity index (χ0v) is 14.0. The summed E-state index contributed by atoms with van der Waals surface area (Å²) in [6.45, 7) is 1.83. The number of sulfonamides is 1. The largest absolute Gasteiger partial charge is 0.325 e. The van der Waals surface area contributed by atoms with Crippen LogP contribution in [0.15, 0.2) is 54.6 Å². The zero-order valence-electron chi connectivity index (χ0n) is 13.2. The molecule has 1 N–H and O–H groups in total. The molecular weight excluding hydrogens is 312 g/mol. The first-order valence-corrected chi connectivity index (χ1v) is 9.05. The molecule has 23 heavy (non-hydrogen) atoms. The SMILES string of the molecule is Cc1ccccc1NC(=O)CN(Cc1ccccc1)S(C)(=O)=O. The second kappa shape index (κ2) is 7.39. The van der Waals surface area contributed by atoms with E-state index in [4.69, 9.17) is 0 Å². The van der Waals surface area contributed by atoms with E-state index in [2.05, 4.69) is 5.32 Å². The molecule has 0 heterocycles.